The zero-order valence-electron chi connectivity index (χ0n) is 14.0. The normalized spacial score (nSPS) is 18.5. The molecule has 6 heteroatoms. The Labute approximate surface area is 136 Å². The number of hydrogen-bond donors (Lipinski definition) is 1. The van der Waals surface area contributed by atoms with Gasteiger partial charge in [0, 0.05) is 25.7 Å². The monoisotopic (exact) mass is 317 g/mol. The van der Waals surface area contributed by atoms with Crippen LogP contribution in [0.1, 0.15) is 33.3 Å². The van der Waals surface area contributed by atoms with Crippen LogP contribution >= 0.6 is 0 Å². The molecule has 0 radical (unpaired) electrons. The molecule has 2 rings (SSSR count). The highest BCUT2D eigenvalue weighted by atomic mass is 16.6. The summed E-state index contributed by atoms with van der Waals surface area (Å²) in [5, 5.41) is 19.1. The third-order valence-electron chi connectivity index (χ3n) is 3.69. The second-order valence-electron chi connectivity index (χ2n) is 6.78. The van der Waals surface area contributed by atoms with Crippen LogP contribution < -0.4 is 4.90 Å². The Balaban J connectivity index is 2.11. The second-order valence-corrected chi connectivity index (χ2v) is 6.78. The molecule has 0 aromatic heterocycles. The SMILES string of the molecule is C[C@H]1CN(C(=O)OC(C)(C)C)CCN1c1cc(C#N)ccc1O. The zero-order chi connectivity index (χ0) is 17.2. The van der Waals surface area contributed by atoms with Crippen LogP contribution in [0.15, 0.2) is 18.2 Å². The third-order valence-corrected chi connectivity index (χ3v) is 3.69. The van der Waals surface area contributed by atoms with Gasteiger partial charge < -0.3 is 19.6 Å². The number of rotatable bonds is 1. The maximum atomic E-state index is 12.2. The van der Waals surface area contributed by atoms with Crippen LogP contribution in [-0.4, -0.2) is 47.4 Å². The van der Waals surface area contributed by atoms with Gasteiger partial charge in [0.1, 0.15) is 11.4 Å². The van der Waals surface area contributed by atoms with Crippen molar-refractivity contribution in [2.24, 2.45) is 0 Å². The minimum absolute atomic E-state index is 0.0103. The number of anilines is 1. The Hall–Kier alpha value is -2.42. The van der Waals surface area contributed by atoms with Crippen molar-refractivity contribution in [3.8, 4) is 11.8 Å². The van der Waals surface area contributed by atoms with E-state index in [1.807, 2.05) is 32.6 Å². The molecule has 6 nitrogen and oxygen atoms in total. The lowest BCUT2D eigenvalue weighted by Gasteiger charge is -2.41. The lowest BCUT2D eigenvalue weighted by Crippen LogP contribution is -2.54. The van der Waals surface area contributed by atoms with E-state index in [0.717, 1.165) is 0 Å². The summed E-state index contributed by atoms with van der Waals surface area (Å²) in [4.78, 5) is 15.9. The van der Waals surface area contributed by atoms with E-state index in [4.69, 9.17) is 10.00 Å². The zero-order valence-corrected chi connectivity index (χ0v) is 14.0. The molecule has 1 aliphatic rings. The Morgan fingerprint density at radius 1 is 1.39 bits per heavy atom. The maximum absolute atomic E-state index is 12.2. The van der Waals surface area contributed by atoms with Gasteiger partial charge in [-0.1, -0.05) is 0 Å². The molecular weight excluding hydrogens is 294 g/mol. The Morgan fingerprint density at radius 3 is 2.65 bits per heavy atom. The summed E-state index contributed by atoms with van der Waals surface area (Å²) in [6, 6.07) is 6.88. The quantitative estimate of drug-likeness (QED) is 0.862. The largest absolute Gasteiger partial charge is 0.506 e. The molecule has 0 spiro atoms. The standard InChI is InChI=1S/C17H23N3O3/c1-12-11-19(16(22)23-17(2,3)4)7-8-20(12)14-9-13(10-18)5-6-15(14)21/h5-6,9,12,21H,7-8,11H2,1-4H3/t12-/m0/s1. The fraction of sp³-hybridized carbons (Fsp3) is 0.529. The molecule has 1 fully saturated rings. The van der Waals surface area contributed by atoms with Gasteiger partial charge in [0.05, 0.1) is 17.3 Å². The van der Waals surface area contributed by atoms with Crippen LogP contribution in [-0.2, 0) is 4.74 Å². The number of aromatic hydroxyl groups is 1. The van der Waals surface area contributed by atoms with Crippen molar-refractivity contribution in [3.05, 3.63) is 23.8 Å². The molecule has 1 N–H and O–H groups in total. The number of phenols is 1. The summed E-state index contributed by atoms with van der Waals surface area (Å²) in [5.41, 5.74) is 0.608. The Bertz CT molecular complexity index is 631. The number of amides is 1. The first kappa shape index (κ1) is 16.9. The fourth-order valence-corrected chi connectivity index (χ4v) is 2.63. The number of hydrogen-bond acceptors (Lipinski definition) is 5. The minimum atomic E-state index is -0.517. The number of nitriles is 1. The van der Waals surface area contributed by atoms with Crippen molar-refractivity contribution >= 4 is 11.8 Å². The van der Waals surface area contributed by atoms with E-state index in [1.54, 1.807) is 17.0 Å². The fourth-order valence-electron chi connectivity index (χ4n) is 2.63. The number of benzene rings is 1. The van der Waals surface area contributed by atoms with Gasteiger partial charge in [-0.15, -0.1) is 0 Å². The summed E-state index contributed by atoms with van der Waals surface area (Å²) < 4.78 is 5.40. The van der Waals surface area contributed by atoms with Crippen molar-refractivity contribution in [3.63, 3.8) is 0 Å². The van der Waals surface area contributed by atoms with Gasteiger partial charge in [0.2, 0.25) is 0 Å². The van der Waals surface area contributed by atoms with Gasteiger partial charge in [-0.25, -0.2) is 4.79 Å². The van der Waals surface area contributed by atoms with Crippen LogP contribution in [0.25, 0.3) is 0 Å². The first-order valence-electron chi connectivity index (χ1n) is 7.69. The molecule has 1 heterocycles. The van der Waals surface area contributed by atoms with E-state index >= 15 is 0 Å². The first-order chi connectivity index (χ1) is 10.7. The van der Waals surface area contributed by atoms with E-state index < -0.39 is 5.60 Å². The average molecular weight is 317 g/mol. The van der Waals surface area contributed by atoms with Gasteiger partial charge in [-0.2, -0.15) is 5.26 Å². The van der Waals surface area contributed by atoms with Crippen molar-refractivity contribution < 1.29 is 14.6 Å². The second kappa shape index (κ2) is 6.37. The molecule has 1 saturated heterocycles. The van der Waals surface area contributed by atoms with Crippen LogP contribution in [0.2, 0.25) is 0 Å². The number of phenolic OH excluding ortho intramolecular Hbond substituents is 1. The lowest BCUT2D eigenvalue weighted by molar-refractivity contribution is 0.0218. The predicted octanol–water partition coefficient (Wildman–Crippen LogP) is 2.71. The minimum Gasteiger partial charge on any atom is -0.506 e. The molecular formula is C17H23N3O3. The van der Waals surface area contributed by atoms with Crippen molar-refractivity contribution in [1.82, 2.24) is 4.90 Å². The topological polar surface area (TPSA) is 76.8 Å². The van der Waals surface area contributed by atoms with Gasteiger partial charge in [-0.3, -0.25) is 0 Å². The van der Waals surface area contributed by atoms with Gasteiger partial charge >= 0.3 is 6.09 Å². The van der Waals surface area contributed by atoms with E-state index in [1.165, 1.54) is 6.07 Å². The average Bonchev–Trinajstić information content (AvgIpc) is 2.46. The van der Waals surface area contributed by atoms with E-state index in [-0.39, 0.29) is 17.9 Å². The molecule has 1 aliphatic heterocycles. The highest BCUT2D eigenvalue weighted by Gasteiger charge is 2.30. The highest BCUT2D eigenvalue weighted by molar-refractivity contribution is 5.69. The van der Waals surface area contributed by atoms with Gasteiger partial charge in [-0.05, 0) is 45.9 Å². The molecule has 1 atom stereocenters. The van der Waals surface area contributed by atoms with Gasteiger partial charge in [0.25, 0.3) is 0 Å². The molecule has 0 aliphatic carbocycles. The molecule has 23 heavy (non-hydrogen) atoms. The molecule has 0 unspecified atom stereocenters. The van der Waals surface area contributed by atoms with Crippen LogP contribution in [0.4, 0.5) is 10.5 Å². The molecule has 0 bridgehead atoms. The molecule has 1 aromatic rings. The maximum Gasteiger partial charge on any atom is 0.410 e. The smallest absolute Gasteiger partial charge is 0.410 e. The van der Waals surface area contributed by atoms with Crippen LogP contribution in [0, 0.1) is 11.3 Å². The third kappa shape index (κ3) is 4.07. The van der Waals surface area contributed by atoms with E-state index in [2.05, 4.69) is 6.07 Å². The number of ether oxygens (including phenoxy) is 1. The first-order valence-corrected chi connectivity index (χ1v) is 7.69. The summed E-state index contributed by atoms with van der Waals surface area (Å²) in [7, 11) is 0. The number of piperazine rings is 1. The summed E-state index contributed by atoms with van der Waals surface area (Å²) in [5.74, 6) is 0.140. The summed E-state index contributed by atoms with van der Waals surface area (Å²) in [6.07, 6.45) is -0.320. The molecule has 0 saturated carbocycles. The molecule has 1 aromatic carbocycles. The van der Waals surface area contributed by atoms with Crippen molar-refractivity contribution in [2.75, 3.05) is 24.5 Å². The Morgan fingerprint density at radius 2 is 2.09 bits per heavy atom. The summed E-state index contributed by atoms with van der Waals surface area (Å²) in [6.45, 7) is 9.10. The van der Waals surface area contributed by atoms with E-state index in [0.29, 0.717) is 30.9 Å². The number of nitrogens with zero attached hydrogens (tertiary/aromatic N) is 3. The number of carbonyl (C=O) groups is 1. The number of carbonyl (C=O) groups excluding carboxylic acids is 1. The van der Waals surface area contributed by atoms with Crippen LogP contribution in [0.5, 0.6) is 5.75 Å². The lowest BCUT2D eigenvalue weighted by atomic mass is 10.1. The van der Waals surface area contributed by atoms with Gasteiger partial charge in [0.15, 0.2) is 0 Å². The van der Waals surface area contributed by atoms with E-state index in [9.17, 15) is 9.90 Å². The summed E-state index contributed by atoms with van der Waals surface area (Å²) >= 11 is 0. The molecule has 1 amide bonds. The Kier molecular flexibility index (Phi) is 4.69. The highest BCUT2D eigenvalue weighted by Crippen LogP contribution is 2.31. The van der Waals surface area contributed by atoms with Crippen LogP contribution in [0.3, 0.4) is 0 Å². The molecule has 124 valence electrons. The predicted molar refractivity (Wildman–Crippen MR) is 87.4 cm³/mol. The van der Waals surface area contributed by atoms with Crippen molar-refractivity contribution in [1.29, 1.82) is 5.26 Å². The van der Waals surface area contributed by atoms with Crippen molar-refractivity contribution in [2.45, 2.75) is 39.3 Å².